The monoisotopic (exact) mass is 193 g/mol. The van der Waals surface area contributed by atoms with Crippen LogP contribution in [0.4, 0.5) is 5.69 Å². The van der Waals surface area contributed by atoms with Gasteiger partial charge in [-0.3, -0.25) is 9.78 Å². The van der Waals surface area contributed by atoms with Gasteiger partial charge in [0.25, 0.3) is 0 Å². The van der Waals surface area contributed by atoms with E-state index in [0.29, 0.717) is 0 Å². The van der Waals surface area contributed by atoms with Gasteiger partial charge in [-0.25, -0.2) is 0 Å². The van der Waals surface area contributed by atoms with Crippen molar-refractivity contribution in [1.29, 1.82) is 0 Å². The second kappa shape index (κ2) is 4.60. The number of aromatic nitrogens is 1. The molecule has 0 fully saturated rings. The summed E-state index contributed by atoms with van der Waals surface area (Å²) in [6.07, 6.45) is 3.38. The number of carbonyl (C=O) groups excluding carboxylic acids is 1. The van der Waals surface area contributed by atoms with Gasteiger partial charge in [-0.2, -0.15) is 0 Å². The number of nitrogens with zero attached hydrogens (tertiary/aromatic N) is 2. The van der Waals surface area contributed by atoms with Crippen LogP contribution in [0.2, 0.25) is 0 Å². The van der Waals surface area contributed by atoms with Crippen molar-refractivity contribution < 1.29 is 4.79 Å². The lowest BCUT2D eigenvalue weighted by Gasteiger charge is -2.18. The first-order valence-electron chi connectivity index (χ1n) is 4.49. The Labute approximate surface area is 83.9 Å². The molecular formula is C10H15N3O. The number of hydrogen-bond donors (Lipinski definition) is 1. The van der Waals surface area contributed by atoms with Crippen LogP contribution in [0.3, 0.4) is 0 Å². The number of nitrogens with one attached hydrogen (secondary N) is 1. The Kier molecular flexibility index (Phi) is 3.45. The maximum atomic E-state index is 11.5. The molecule has 0 saturated carbocycles. The molecule has 0 unspecified atom stereocenters. The molecule has 0 saturated heterocycles. The topological polar surface area (TPSA) is 45.2 Å². The van der Waals surface area contributed by atoms with Crippen LogP contribution in [-0.2, 0) is 4.79 Å². The summed E-state index contributed by atoms with van der Waals surface area (Å²) in [4.78, 5) is 17.0. The van der Waals surface area contributed by atoms with Gasteiger partial charge in [0.1, 0.15) is 6.04 Å². The molecule has 14 heavy (non-hydrogen) atoms. The number of pyridine rings is 1. The molecule has 76 valence electrons. The van der Waals surface area contributed by atoms with Crippen LogP contribution in [0.5, 0.6) is 0 Å². The highest BCUT2D eigenvalue weighted by molar-refractivity contribution is 5.83. The molecule has 1 rings (SSSR count). The van der Waals surface area contributed by atoms with E-state index in [2.05, 4.69) is 10.3 Å². The number of carbonyl (C=O) groups is 1. The average molecular weight is 193 g/mol. The molecular weight excluding hydrogens is 178 g/mol. The number of anilines is 1. The summed E-state index contributed by atoms with van der Waals surface area (Å²) < 4.78 is 0. The molecule has 1 atom stereocenters. The third kappa shape index (κ3) is 2.73. The maximum Gasteiger partial charge on any atom is 0.244 e. The highest BCUT2D eigenvalue weighted by Crippen LogP contribution is 2.06. The van der Waals surface area contributed by atoms with Gasteiger partial charge in [0.15, 0.2) is 0 Å². The van der Waals surface area contributed by atoms with Crippen molar-refractivity contribution in [3.8, 4) is 0 Å². The molecule has 1 aromatic heterocycles. The van der Waals surface area contributed by atoms with Crippen LogP contribution >= 0.6 is 0 Å². The first kappa shape index (κ1) is 10.5. The van der Waals surface area contributed by atoms with Crippen LogP contribution in [-0.4, -0.2) is 35.9 Å². The van der Waals surface area contributed by atoms with E-state index in [-0.39, 0.29) is 11.9 Å². The molecule has 1 heterocycles. The predicted molar refractivity (Wildman–Crippen MR) is 56.0 cm³/mol. The molecule has 0 bridgehead atoms. The Morgan fingerprint density at radius 2 is 2.00 bits per heavy atom. The summed E-state index contributed by atoms with van der Waals surface area (Å²) in [5, 5.41) is 3.09. The Hall–Kier alpha value is -1.58. The summed E-state index contributed by atoms with van der Waals surface area (Å²) in [5.74, 6) is 0.0572. The molecule has 1 aromatic rings. The van der Waals surface area contributed by atoms with Gasteiger partial charge in [0.05, 0.1) is 0 Å². The number of rotatable bonds is 3. The van der Waals surface area contributed by atoms with Gasteiger partial charge in [-0.15, -0.1) is 0 Å². The van der Waals surface area contributed by atoms with E-state index in [9.17, 15) is 4.79 Å². The van der Waals surface area contributed by atoms with Crippen LogP contribution in [0.15, 0.2) is 24.5 Å². The van der Waals surface area contributed by atoms with E-state index in [1.54, 1.807) is 31.4 Å². The van der Waals surface area contributed by atoms with E-state index >= 15 is 0 Å². The fourth-order valence-electron chi connectivity index (χ4n) is 1.15. The smallest absolute Gasteiger partial charge is 0.244 e. The molecule has 4 heteroatoms. The molecule has 0 spiro atoms. The Bertz CT molecular complexity index is 297. The Morgan fingerprint density at radius 1 is 1.43 bits per heavy atom. The molecule has 0 aliphatic carbocycles. The van der Waals surface area contributed by atoms with Crippen molar-refractivity contribution >= 4 is 11.6 Å². The standard InChI is InChI=1S/C10H15N3O/c1-8(10(14)13(2)3)12-9-4-6-11-7-5-9/h4-8H,1-3H3,(H,11,12)/t8-/m0/s1. The largest absolute Gasteiger partial charge is 0.374 e. The van der Waals surface area contributed by atoms with Crippen molar-refractivity contribution in [3.63, 3.8) is 0 Å². The van der Waals surface area contributed by atoms with Gasteiger partial charge in [-0.1, -0.05) is 0 Å². The van der Waals surface area contributed by atoms with Crippen molar-refractivity contribution in [2.45, 2.75) is 13.0 Å². The molecule has 0 radical (unpaired) electrons. The molecule has 0 aliphatic rings. The minimum atomic E-state index is -0.215. The summed E-state index contributed by atoms with van der Waals surface area (Å²) >= 11 is 0. The Morgan fingerprint density at radius 3 is 2.50 bits per heavy atom. The highest BCUT2D eigenvalue weighted by Gasteiger charge is 2.13. The summed E-state index contributed by atoms with van der Waals surface area (Å²) in [5.41, 5.74) is 0.905. The van der Waals surface area contributed by atoms with Crippen LogP contribution in [0, 0.1) is 0 Å². The predicted octanol–water partition coefficient (Wildman–Crippen LogP) is 0.970. The lowest BCUT2D eigenvalue weighted by atomic mass is 10.3. The van der Waals surface area contributed by atoms with Crippen LogP contribution < -0.4 is 5.32 Å². The fraction of sp³-hybridized carbons (Fsp3) is 0.400. The van der Waals surface area contributed by atoms with Gasteiger partial charge in [0, 0.05) is 32.2 Å². The van der Waals surface area contributed by atoms with E-state index in [1.165, 1.54) is 0 Å². The summed E-state index contributed by atoms with van der Waals surface area (Å²) in [6.45, 7) is 1.84. The normalized spacial score (nSPS) is 11.9. The second-order valence-electron chi connectivity index (χ2n) is 3.33. The van der Waals surface area contributed by atoms with Crippen molar-refractivity contribution in [2.24, 2.45) is 0 Å². The van der Waals surface area contributed by atoms with Gasteiger partial charge in [0.2, 0.25) is 5.91 Å². The molecule has 0 aromatic carbocycles. The SMILES string of the molecule is C[C@H](Nc1ccncc1)C(=O)N(C)C. The third-order valence-corrected chi connectivity index (χ3v) is 1.87. The molecule has 4 nitrogen and oxygen atoms in total. The zero-order valence-corrected chi connectivity index (χ0v) is 8.69. The highest BCUT2D eigenvalue weighted by atomic mass is 16.2. The Balaban J connectivity index is 2.57. The summed E-state index contributed by atoms with van der Waals surface area (Å²) in [7, 11) is 3.49. The van der Waals surface area contributed by atoms with E-state index in [0.717, 1.165) is 5.69 Å². The van der Waals surface area contributed by atoms with Crippen molar-refractivity contribution in [2.75, 3.05) is 19.4 Å². The zero-order valence-electron chi connectivity index (χ0n) is 8.69. The molecule has 1 N–H and O–H groups in total. The number of likely N-dealkylation sites (N-methyl/N-ethyl adjacent to an activating group) is 1. The fourth-order valence-corrected chi connectivity index (χ4v) is 1.15. The maximum absolute atomic E-state index is 11.5. The van der Waals surface area contributed by atoms with Gasteiger partial charge < -0.3 is 10.2 Å². The average Bonchev–Trinajstić information content (AvgIpc) is 2.18. The first-order chi connectivity index (χ1) is 6.61. The van der Waals surface area contributed by atoms with Crippen LogP contribution in [0.25, 0.3) is 0 Å². The van der Waals surface area contributed by atoms with Crippen molar-refractivity contribution in [1.82, 2.24) is 9.88 Å². The van der Waals surface area contributed by atoms with E-state index in [1.807, 2.05) is 19.1 Å². The van der Waals surface area contributed by atoms with Crippen molar-refractivity contribution in [3.05, 3.63) is 24.5 Å². The molecule has 0 aliphatic heterocycles. The van der Waals surface area contributed by atoms with Gasteiger partial charge in [-0.05, 0) is 19.1 Å². The van der Waals surface area contributed by atoms with E-state index < -0.39 is 0 Å². The van der Waals surface area contributed by atoms with Gasteiger partial charge >= 0.3 is 0 Å². The first-order valence-corrected chi connectivity index (χ1v) is 4.49. The second-order valence-corrected chi connectivity index (χ2v) is 3.33. The minimum Gasteiger partial charge on any atom is -0.374 e. The quantitative estimate of drug-likeness (QED) is 0.778. The number of hydrogen-bond acceptors (Lipinski definition) is 3. The minimum absolute atomic E-state index is 0.0572. The van der Waals surface area contributed by atoms with Crippen LogP contribution in [0.1, 0.15) is 6.92 Å². The van der Waals surface area contributed by atoms with E-state index in [4.69, 9.17) is 0 Å². The lowest BCUT2D eigenvalue weighted by Crippen LogP contribution is -2.36. The summed E-state index contributed by atoms with van der Waals surface area (Å²) in [6, 6.07) is 3.45. The molecule has 1 amide bonds. The zero-order chi connectivity index (χ0) is 10.6. The lowest BCUT2D eigenvalue weighted by molar-refractivity contribution is -0.129. The number of amides is 1. The third-order valence-electron chi connectivity index (χ3n) is 1.87.